The van der Waals surface area contributed by atoms with Crippen molar-refractivity contribution in [1.82, 2.24) is 19.9 Å². The van der Waals surface area contributed by atoms with Gasteiger partial charge in [0.15, 0.2) is 0 Å². The van der Waals surface area contributed by atoms with E-state index in [0.717, 1.165) is 37.6 Å². The molecule has 0 bridgehead atoms. The van der Waals surface area contributed by atoms with Crippen molar-refractivity contribution >= 4 is 5.91 Å². The number of hydrogen-bond donors (Lipinski definition) is 1. The number of fused-ring (bicyclic) bond motifs is 1. The van der Waals surface area contributed by atoms with E-state index in [1.807, 2.05) is 13.0 Å². The number of nitrogens with zero attached hydrogens (tertiary/aromatic N) is 3. The fourth-order valence-corrected chi connectivity index (χ4v) is 3.10. The van der Waals surface area contributed by atoms with Crippen LogP contribution in [0.5, 0.6) is 0 Å². The summed E-state index contributed by atoms with van der Waals surface area (Å²) < 4.78 is 7.41. The largest absolute Gasteiger partial charge is 0.361 e. The summed E-state index contributed by atoms with van der Waals surface area (Å²) in [5.41, 5.74) is 2.22. The topological polar surface area (TPSA) is 63.3 Å². The molecule has 1 N–H and O–H groups in total. The van der Waals surface area contributed by atoms with Gasteiger partial charge < -0.3 is 14.4 Å². The van der Waals surface area contributed by atoms with Gasteiger partial charge in [-0.2, -0.15) is 0 Å². The monoisotopic (exact) mass is 302 g/mol. The summed E-state index contributed by atoms with van der Waals surface area (Å²) >= 11 is 0. The van der Waals surface area contributed by atoms with Crippen LogP contribution in [0, 0.1) is 12.8 Å². The summed E-state index contributed by atoms with van der Waals surface area (Å²) in [7, 11) is 1.69. The van der Waals surface area contributed by atoms with Gasteiger partial charge in [0.1, 0.15) is 5.76 Å². The lowest BCUT2D eigenvalue weighted by molar-refractivity contribution is -0.121. The summed E-state index contributed by atoms with van der Waals surface area (Å²) in [6, 6.07) is 6.18. The molecule has 3 rings (SSSR count). The third-order valence-corrected chi connectivity index (χ3v) is 4.10. The minimum atomic E-state index is 0.0952. The smallest absolute Gasteiger partial charge is 0.220 e. The van der Waals surface area contributed by atoms with Gasteiger partial charge in [0.2, 0.25) is 5.91 Å². The predicted molar refractivity (Wildman–Crippen MR) is 82.0 cm³/mol. The summed E-state index contributed by atoms with van der Waals surface area (Å²) in [6.45, 7) is 5.26. The highest BCUT2D eigenvalue weighted by Gasteiger charge is 2.23. The quantitative estimate of drug-likeness (QED) is 0.931. The normalized spacial score (nSPS) is 18.7. The van der Waals surface area contributed by atoms with Crippen LogP contribution in [-0.2, 0) is 24.4 Å². The van der Waals surface area contributed by atoms with Gasteiger partial charge in [0, 0.05) is 57.6 Å². The SMILES string of the molecule is CNC(=O)C[C@H]1CN(Cc2cc(C)on2)Cc2cccn2C1. The van der Waals surface area contributed by atoms with Crippen LogP contribution < -0.4 is 5.32 Å². The third kappa shape index (κ3) is 3.39. The Morgan fingerprint density at radius 1 is 1.50 bits per heavy atom. The summed E-state index contributed by atoms with van der Waals surface area (Å²) in [6.07, 6.45) is 2.64. The Bertz CT molecular complexity index is 646. The minimum absolute atomic E-state index is 0.0952. The fourth-order valence-electron chi connectivity index (χ4n) is 3.10. The zero-order valence-electron chi connectivity index (χ0n) is 13.1. The van der Waals surface area contributed by atoms with Crippen LogP contribution in [-0.4, -0.2) is 34.1 Å². The standard InChI is InChI=1S/C16H22N4O2/c1-12-6-14(18-22-12)10-19-8-13(7-16(21)17-2)9-20-5-3-4-15(20)11-19/h3-6,13H,7-11H2,1-2H3,(H,17,21)/t13-/m0/s1. The van der Waals surface area contributed by atoms with E-state index in [1.54, 1.807) is 7.05 Å². The number of carbonyl (C=O) groups excluding carboxylic acids is 1. The van der Waals surface area contributed by atoms with Gasteiger partial charge >= 0.3 is 0 Å². The fraction of sp³-hybridized carbons (Fsp3) is 0.500. The van der Waals surface area contributed by atoms with Crippen LogP contribution in [0.2, 0.25) is 0 Å². The molecular formula is C16H22N4O2. The maximum absolute atomic E-state index is 11.7. The molecular weight excluding hydrogens is 280 g/mol. The summed E-state index contributed by atoms with van der Waals surface area (Å²) in [4.78, 5) is 14.1. The van der Waals surface area contributed by atoms with Gasteiger partial charge in [-0.15, -0.1) is 0 Å². The van der Waals surface area contributed by atoms with Crippen molar-refractivity contribution in [2.75, 3.05) is 13.6 Å². The van der Waals surface area contributed by atoms with E-state index in [1.165, 1.54) is 5.69 Å². The number of aromatic nitrogens is 2. The Balaban J connectivity index is 1.76. The van der Waals surface area contributed by atoms with Crippen molar-refractivity contribution in [3.05, 3.63) is 41.5 Å². The van der Waals surface area contributed by atoms with Crippen molar-refractivity contribution < 1.29 is 9.32 Å². The molecule has 1 amide bonds. The lowest BCUT2D eigenvalue weighted by Gasteiger charge is -2.22. The molecule has 22 heavy (non-hydrogen) atoms. The molecule has 6 nitrogen and oxygen atoms in total. The van der Waals surface area contributed by atoms with E-state index in [4.69, 9.17) is 4.52 Å². The van der Waals surface area contributed by atoms with E-state index in [9.17, 15) is 4.79 Å². The van der Waals surface area contributed by atoms with E-state index in [0.29, 0.717) is 12.3 Å². The highest BCUT2D eigenvalue weighted by atomic mass is 16.5. The molecule has 0 radical (unpaired) electrons. The minimum Gasteiger partial charge on any atom is -0.361 e. The Kier molecular flexibility index (Phi) is 4.29. The number of hydrogen-bond acceptors (Lipinski definition) is 4. The molecule has 0 saturated heterocycles. The molecule has 3 heterocycles. The first-order valence-corrected chi connectivity index (χ1v) is 7.63. The molecule has 0 fully saturated rings. The van der Waals surface area contributed by atoms with Crippen LogP contribution in [0.3, 0.4) is 0 Å². The van der Waals surface area contributed by atoms with Crippen LogP contribution >= 0.6 is 0 Å². The second-order valence-corrected chi connectivity index (χ2v) is 5.99. The Labute approximate surface area is 130 Å². The van der Waals surface area contributed by atoms with Gasteiger partial charge in [-0.3, -0.25) is 9.69 Å². The van der Waals surface area contributed by atoms with Gasteiger partial charge in [0.05, 0.1) is 5.69 Å². The number of carbonyl (C=O) groups is 1. The molecule has 0 aliphatic carbocycles. The van der Waals surface area contributed by atoms with E-state index in [2.05, 4.69) is 38.3 Å². The summed E-state index contributed by atoms with van der Waals surface area (Å²) in [5, 5.41) is 6.81. The molecule has 0 aromatic carbocycles. The van der Waals surface area contributed by atoms with Crippen LogP contribution in [0.4, 0.5) is 0 Å². The predicted octanol–water partition coefficient (Wildman–Crippen LogP) is 1.55. The van der Waals surface area contributed by atoms with Crippen LogP contribution in [0.1, 0.15) is 23.6 Å². The highest BCUT2D eigenvalue weighted by Crippen LogP contribution is 2.21. The lowest BCUT2D eigenvalue weighted by atomic mass is 10.0. The first kappa shape index (κ1) is 14.8. The average molecular weight is 302 g/mol. The maximum Gasteiger partial charge on any atom is 0.220 e. The molecule has 1 aliphatic heterocycles. The molecule has 0 saturated carbocycles. The molecule has 6 heteroatoms. The molecule has 2 aromatic heterocycles. The Morgan fingerprint density at radius 2 is 2.36 bits per heavy atom. The van der Waals surface area contributed by atoms with Crippen molar-refractivity contribution in [1.29, 1.82) is 0 Å². The molecule has 1 aliphatic rings. The lowest BCUT2D eigenvalue weighted by Crippen LogP contribution is -2.31. The average Bonchev–Trinajstić information content (AvgIpc) is 3.04. The van der Waals surface area contributed by atoms with E-state index in [-0.39, 0.29) is 5.91 Å². The Morgan fingerprint density at radius 3 is 3.09 bits per heavy atom. The first-order valence-electron chi connectivity index (χ1n) is 7.63. The Hall–Kier alpha value is -2.08. The highest BCUT2D eigenvalue weighted by molar-refractivity contribution is 5.75. The zero-order chi connectivity index (χ0) is 15.5. The number of aryl methyl sites for hydroxylation is 1. The third-order valence-electron chi connectivity index (χ3n) is 4.10. The van der Waals surface area contributed by atoms with Crippen molar-refractivity contribution in [2.45, 2.75) is 33.0 Å². The second kappa shape index (κ2) is 6.36. The molecule has 0 unspecified atom stereocenters. The van der Waals surface area contributed by atoms with Gasteiger partial charge in [-0.05, 0) is 25.0 Å². The maximum atomic E-state index is 11.7. The van der Waals surface area contributed by atoms with E-state index < -0.39 is 0 Å². The first-order chi connectivity index (χ1) is 10.6. The molecule has 2 aromatic rings. The van der Waals surface area contributed by atoms with Crippen molar-refractivity contribution in [3.63, 3.8) is 0 Å². The number of nitrogens with one attached hydrogen (secondary N) is 1. The van der Waals surface area contributed by atoms with Gasteiger partial charge in [-0.1, -0.05) is 5.16 Å². The molecule has 1 atom stereocenters. The summed E-state index contributed by atoms with van der Waals surface area (Å²) in [5.74, 6) is 1.22. The molecule has 118 valence electrons. The van der Waals surface area contributed by atoms with E-state index >= 15 is 0 Å². The molecule has 0 spiro atoms. The van der Waals surface area contributed by atoms with Gasteiger partial charge in [-0.25, -0.2) is 0 Å². The number of rotatable bonds is 4. The number of amides is 1. The van der Waals surface area contributed by atoms with Crippen LogP contribution in [0.25, 0.3) is 0 Å². The second-order valence-electron chi connectivity index (χ2n) is 5.99. The van der Waals surface area contributed by atoms with Crippen molar-refractivity contribution in [2.24, 2.45) is 5.92 Å². The van der Waals surface area contributed by atoms with Crippen molar-refractivity contribution in [3.8, 4) is 0 Å². The van der Waals surface area contributed by atoms with Gasteiger partial charge in [0.25, 0.3) is 0 Å². The van der Waals surface area contributed by atoms with Crippen LogP contribution in [0.15, 0.2) is 28.9 Å². The zero-order valence-corrected chi connectivity index (χ0v) is 13.1.